The summed E-state index contributed by atoms with van der Waals surface area (Å²) in [7, 11) is 0. The van der Waals surface area contributed by atoms with E-state index in [0.29, 0.717) is 11.7 Å². The summed E-state index contributed by atoms with van der Waals surface area (Å²) in [6.07, 6.45) is 4.56. The van der Waals surface area contributed by atoms with E-state index in [1.165, 1.54) is 0 Å². The van der Waals surface area contributed by atoms with Gasteiger partial charge in [0.2, 0.25) is 5.28 Å². The first-order valence-corrected chi connectivity index (χ1v) is 12.7. The molecule has 1 aliphatic rings. The second kappa shape index (κ2) is 7.15. The maximum Gasteiger partial charge on any atom is 0.224 e. The van der Waals surface area contributed by atoms with E-state index in [9.17, 15) is 0 Å². The number of thioether (sulfide) groups is 1. The van der Waals surface area contributed by atoms with Gasteiger partial charge in [0.05, 0.1) is 18.3 Å². The molecule has 1 aromatic carbocycles. The van der Waals surface area contributed by atoms with Crippen LogP contribution in [0.3, 0.4) is 0 Å². The van der Waals surface area contributed by atoms with E-state index < -0.39 is 0 Å². The molecule has 0 amide bonds. The van der Waals surface area contributed by atoms with Crippen LogP contribution in [-0.4, -0.2) is 19.5 Å². The fourth-order valence-corrected chi connectivity index (χ4v) is 4.83. The van der Waals surface area contributed by atoms with Crippen LogP contribution in [0.1, 0.15) is 11.3 Å². The Hall–Kier alpha value is -0.890. The summed E-state index contributed by atoms with van der Waals surface area (Å²) in [5, 5.41) is 7.99. The van der Waals surface area contributed by atoms with Gasteiger partial charge < -0.3 is 5.32 Å². The molecule has 1 unspecified atom stereocenters. The van der Waals surface area contributed by atoms with E-state index >= 15 is 0 Å². The van der Waals surface area contributed by atoms with Gasteiger partial charge in [-0.2, -0.15) is 16.9 Å². The lowest BCUT2D eigenvalue weighted by Gasteiger charge is -2.10. The maximum absolute atomic E-state index is 6.04. The van der Waals surface area contributed by atoms with Gasteiger partial charge >= 0.3 is 0 Å². The van der Waals surface area contributed by atoms with Gasteiger partial charge in [0, 0.05) is 34.5 Å². The third-order valence-corrected chi connectivity index (χ3v) is 6.74. The molecule has 1 N–H and O–H groups in total. The molecular formula is C15H12ClIN5PS. The summed E-state index contributed by atoms with van der Waals surface area (Å²) in [4.78, 5) is 8.66. The second-order valence-electron chi connectivity index (χ2n) is 5.22. The summed E-state index contributed by atoms with van der Waals surface area (Å²) in [5.74, 6) is 2.62. The fourth-order valence-electron chi connectivity index (χ4n) is 2.53. The van der Waals surface area contributed by atoms with Gasteiger partial charge in [0.15, 0.2) is 0 Å². The minimum absolute atomic E-state index is 0.294. The highest BCUT2D eigenvalue weighted by Crippen LogP contribution is 2.35. The van der Waals surface area contributed by atoms with Crippen molar-refractivity contribution in [2.75, 3.05) is 5.32 Å². The van der Waals surface area contributed by atoms with Gasteiger partial charge in [-0.25, -0.2) is 14.4 Å². The van der Waals surface area contributed by atoms with Crippen molar-refractivity contribution < 1.29 is 0 Å². The van der Waals surface area contributed by atoms with Gasteiger partial charge in [-0.05, 0) is 51.3 Å². The first kappa shape index (κ1) is 16.6. The first-order valence-electron chi connectivity index (χ1n) is 7.15. The Balaban J connectivity index is 1.58. The van der Waals surface area contributed by atoms with Gasteiger partial charge in [0.25, 0.3) is 0 Å². The van der Waals surface area contributed by atoms with E-state index in [0.717, 1.165) is 45.4 Å². The monoisotopic (exact) mass is 487 g/mol. The SMILES string of the molecule is Clc1nc2c(c(Nc3ccc(-c4cnn(PI)c4)cc3)n1)CSC2. The van der Waals surface area contributed by atoms with Gasteiger partial charge in [-0.1, -0.05) is 12.1 Å². The van der Waals surface area contributed by atoms with Gasteiger partial charge in [-0.3, -0.25) is 0 Å². The molecule has 0 fully saturated rings. The minimum atomic E-state index is 0.294. The Morgan fingerprint density at radius 3 is 2.75 bits per heavy atom. The average molecular weight is 488 g/mol. The first-order chi connectivity index (χ1) is 11.7. The molecule has 5 nitrogen and oxygen atoms in total. The Bertz CT molecular complexity index is 886. The summed E-state index contributed by atoms with van der Waals surface area (Å²) < 4.78 is 1.94. The Labute approximate surface area is 163 Å². The molecule has 0 saturated heterocycles. The highest BCUT2D eigenvalue weighted by Gasteiger charge is 2.19. The molecule has 3 heterocycles. The topological polar surface area (TPSA) is 55.6 Å². The lowest BCUT2D eigenvalue weighted by atomic mass is 10.1. The highest BCUT2D eigenvalue weighted by molar-refractivity contribution is 14.2. The standard InChI is InChI=1S/C15H12ClIN5PS/c16-15-20-13-8-24-7-12(13)14(21-15)19-11-3-1-9(2-4-11)10-5-18-22(6-10)23-17/h1-6,23H,7-8H2,(H,19,20,21). The van der Waals surface area contributed by atoms with Crippen molar-refractivity contribution in [3.8, 4) is 11.1 Å². The zero-order chi connectivity index (χ0) is 16.5. The molecule has 122 valence electrons. The van der Waals surface area contributed by atoms with Crippen LogP contribution in [0.2, 0.25) is 5.28 Å². The molecule has 0 spiro atoms. The highest BCUT2D eigenvalue weighted by atomic mass is 127. The average Bonchev–Trinajstić information content (AvgIpc) is 3.24. The minimum Gasteiger partial charge on any atom is -0.340 e. The molecule has 1 aliphatic heterocycles. The number of anilines is 2. The van der Waals surface area contributed by atoms with Crippen LogP contribution in [0.15, 0.2) is 36.7 Å². The largest absolute Gasteiger partial charge is 0.340 e. The number of aromatic nitrogens is 4. The van der Waals surface area contributed by atoms with Crippen molar-refractivity contribution in [3.05, 3.63) is 53.2 Å². The van der Waals surface area contributed by atoms with E-state index in [1.807, 2.05) is 34.5 Å². The van der Waals surface area contributed by atoms with Crippen LogP contribution in [-0.2, 0) is 11.5 Å². The van der Waals surface area contributed by atoms with Crippen molar-refractivity contribution in [1.29, 1.82) is 0 Å². The van der Waals surface area contributed by atoms with Crippen molar-refractivity contribution in [3.63, 3.8) is 0 Å². The van der Waals surface area contributed by atoms with E-state index in [4.69, 9.17) is 11.6 Å². The smallest absolute Gasteiger partial charge is 0.224 e. The van der Waals surface area contributed by atoms with Crippen molar-refractivity contribution in [2.45, 2.75) is 11.5 Å². The second-order valence-corrected chi connectivity index (χ2v) is 8.62. The van der Waals surface area contributed by atoms with Crippen LogP contribution in [0, 0.1) is 0 Å². The molecule has 0 radical (unpaired) electrons. The molecule has 0 bridgehead atoms. The number of fused-ring (bicyclic) bond motifs is 1. The number of nitrogens with one attached hydrogen (secondary N) is 1. The number of rotatable bonds is 4. The Kier molecular flexibility index (Phi) is 4.94. The summed E-state index contributed by atoms with van der Waals surface area (Å²) in [6, 6.07) is 8.25. The Morgan fingerprint density at radius 1 is 1.17 bits per heavy atom. The van der Waals surface area contributed by atoms with Crippen LogP contribution in [0.25, 0.3) is 11.1 Å². The van der Waals surface area contributed by atoms with Crippen LogP contribution < -0.4 is 5.32 Å². The van der Waals surface area contributed by atoms with E-state index in [1.54, 1.807) is 0 Å². The van der Waals surface area contributed by atoms with Crippen molar-refractivity contribution >= 4 is 63.3 Å². The fraction of sp³-hybridized carbons (Fsp3) is 0.133. The van der Waals surface area contributed by atoms with Crippen molar-refractivity contribution in [1.82, 2.24) is 19.5 Å². The van der Waals surface area contributed by atoms with Gasteiger partial charge in [-0.15, -0.1) is 0 Å². The van der Waals surface area contributed by atoms with E-state index in [2.05, 4.69) is 60.8 Å². The van der Waals surface area contributed by atoms with Crippen molar-refractivity contribution in [2.24, 2.45) is 0 Å². The predicted octanol–water partition coefficient (Wildman–Crippen LogP) is 5.28. The number of benzene rings is 1. The molecular weight excluding hydrogens is 476 g/mol. The molecule has 2 aromatic heterocycles. The zero-order valence-corrected chi connectivity index (χ0v) is 17.1. The maximum atomic E-state index is 6.04. The molecule has 4 rings (SSSR count). The molecule has 0 aliphatic carbocycles. The normalized spacial score (nSPS) is 13.6. The van der Waals surface area contributed by atoms with Crippen LogP contribution >= 0.6 is 51.8 Å². The predicted molar refractivity (Wildman–Crippen MR) is 111 cm³/mol. The third kappa shape index (κ3) is 3.40. The number of nitrogens with zero attached hydrogens (tertiary/aromatic N) is 4. The lowest BCUT2D eigenvalue weighted by molar-refractivity contribution is 1.01. The van der Waals surface area contributed by atoms with Gasteiger partial charge in [0.1, 0.15) is 5.82 Å². The van der Waals surface area contributed by atoms with Crippen LogP contribution in [0.4, 0.5) is 11.5 Å². The summed E-state index contributed by atoms with van der Waals surface area (Å²) in [5.41, 5.74) is 5.43. The molecule has 0 saturated carbocycles. The summed E-state index contributed by atoms with van der Waals surface area (Å²) in [6.45, 7) is 0. The number of hydrogen-bond donors (Lipinski definition) is 1. The molecule has 1 atom stereocenters. The number of halogens is 2. The van der Waals surface area contributed by atoms with Crippen LogP contribution in [0.5, 0.6) is 0 Å². The van der Waals surface area contributed by atoms with E-state index in [-0.39, 0.29) is 0 Å². The lowest BCUT2D eigenvalue weighted by Crippen LogP contribution is -2.01. The summed E-state index contributed by atoms with van der Waals surface area (Å²) >= 11 is 10.2. The molecule has 3 aromatic rings. The Morgan fingerprint density at radius 2 is 2.00 bits per heavy atom. The number of hydrogen-bond acceptors (Lipinski definition) is 5. The molecule has 9 heteroatoms. The zero-order valence-electron chi connectivity index (χ0n) is 12.3. The quantitative estimate of drug-likeness (QED) is 0.308. The molecule has 24 heavy (non-hydrogen) atoms. The third-order valence-electron chi connectivity index (χ3n) is 3.70.